The van der Waals surface area contributed by atoms with Crippen LogP contribution >= 0.6 is 11.6 Å². The Bertz CT molecular complexity index is 432. The zero-order valence-corrected chi connectivity index (χ0v) is 9.64. The fourth-order valence-electron chi connectivity index (χ4n) is 1.92. The average Bonchev–Trinajstić information content (AvgIpc) is 3.05. The molecule has 1 aliphatic rings. The van der Waals surface area contributed by atoms with Crippen molar-refractivity contribution in [2.24, 2.45) is 5.73 Å². The third-order valence-electron chi connectivity index (χ3n) is 3.17. The molecule has 1 saturated carbocycles. The number of aromatic hydroxyl groups is 1. The molecule has 0 spiro atoms. The maximum Gasteiger partial charge on any atom is 0.208 e. The van der Waals surface area contributed by atoms with Gasteiger partial charge in [-0.1, -0.05) is 11.6 Å². The molecule has 3 N–H and O–H groups in total. The molecule has 3 nitrogen and oxygen atoms in total. The summed E-state index contributed by atoms with van der Waals surface area (Å²) in [4.78, 5) is 0. The average molecular weight is 246 g/mol. The molecule has 1 aromatic rings. The van der Waals surface area contributed by atoms with Crippen molar-refractivity contribution >= 4 is 11.6 Å². The molecule has 0 aliphatic heterocycles. The van der Waals surface area contributed by atoms with Crippen molar-refractivity contribution in [2.75, 3.05) is 13.7 Å². The van der Waals surface area contributed by atoms with Gasteiger partial charge in [0, 0.05) is 17.5 Å². The number of halogens is 2. The second kappa shape index (κ2) is 3.79. The minimum atomic E-state index is -0.815. The Hall–Kier alpha value is -1.00. The molecule has 0 saturated heterocycles. The Morgan fingerprint density at radius 3 is 2.69 bits per heavy atom. The van der Waals surface area contributed by atoms with E-state index < -0.39 is 11.6 Å². The predicted octanol–water partition coefficient (Wildman–Crippen LogP) is 2.18. The topological polar surface area (TPSA) is 55.5 Å². The van der Waals surface area contributed by atoms with E-state index in [4.69, 9.17) is 22.1 Å². The van der Waals surface area contributed by atoms with Gasteiger partial charge in [0.15, 0.2) is 11.5 Å². The maximum atomic E-state index is 13.7. The third kappa shape index (κ3) is 1.53. The van der Waals surface area contributed by atoms with E-state index in [2.05, 4.69) is 0 Å². The third-order valence-corrected chi connectivity index (χ3v) is 3.45. The summed E-state index contributed by atoms with van der Waals surface area (Å²) in [7, 11) is 1.30. The first kappa shape index (κ1) is 11.5. The number of ether oxygens (including phenoxy) is 1. The molecule has 0 unspecified atom stereocenters. The summed E-state index contributed by atoms with van der Waals surface area (Å²) in [5, 5.41) is 9.93. The number of hydrogen-bond acceptors (Lipinski definition) is 3. The number of methoxy groups -OCH3 is 1. The van der Waals surface area contributed by atoms with Gasteiger partial charge in [0.1, 0.15) is 0 Å². The molecule has 0 radical (unpaired) electrons. The largest absolute Gasteiger partial charge is 0.505 e. The monoisotopic (exact) mass is 245 g/mol. The van der Waals surface area contributed by atoms with E-state index in [0.717, 1.165) is 12.8 Å². The maximum absolute atomic E-state index is 13.7. The van der Waals surface area contributed by atoms with Crippen molar-refractivity contribution in [3.63, 3.8) is 0 Å². The molecule has 0 atom stereocenters. The molecule has 0 bridgehead atoms. The standard InChI is InChI=1S/C11H13ClFNO2/c1-16-10-7(12)4-6(9(15)8(10)13)11(5-14)2-3-11/h4,15H,2-3,5,14H2,1H3. The Kier molecular flexibility index (Phi) is 2.72. The van der Waals surface area contributed by atoms with E-state index in [1.807, 2.05) is 0 Å². The fraction of sp³-hybridized carbons (Fsp3) is 0.455. The molecule has 0 amide bonds. The summed E-state index contributed by atoms with van der Waals surface area (Å²) in [6, 6.07) is 1.54. The number of nitrogens with two attached hydrogens (primary N) is 1. The highest BCUT2D eigenvalue weighted by molar-refractivity contribution is 6.32. The smallest absolute Gasteiger partial charge is 0.208 e. The number of phenolic OH excluding ortho intramolecular Hbond substituents is 1. The van der Waals surface area contributed by atoms with Crippen LogP contribution in [0.25, 0.3) is 0 Å². The highest BCUT2D eigenvalue weighted by atomic mass is 35.5. The van der Waals surface area contributed by atoms with Crippen LogP contribution < -0.4 is 10.5 Å². The lowest BCUT2D eigenvalue weighted by molar-refractivity contribution is 0.360. The second-order valence-corrected chi connectivity index (χ2v) is 4.49. The molecular formula is C11H13ClFNO2. The summed E-state index contributed by atoms with van der Waals surface area (Å²) in [5.74, 6) is -1.34. The van der Waals surface area contributed by atoms with Gasteiger partial charge in [-0.05, 0) is 18.9 Å². The van der Waals surface area contributed by atoms with Crippen LogP contribution in [-0.2, 0) is 5.41 Å². The van der Waals surface area contributed by atoms with Crippen LogP contribution in [0.3, 0.4) is 0 Å². The van der Waals surface area contributed by atoms with E-state index in [0.29, 0.717) is 12.1 Å². The van der Waals surface area contributed by atoms with Crippen LogP contribution in [0, 0.1) is 5.82 Å². The van der Waals surface area contributed by atoms with Gasteiger partial charge in [-0.15, -0.1) is 0 Å². The highest BCUT2D eigenvalue weighted by Crippen LogP contribution is 2.53. The van der Waals surface area contributed by atoms with Crippen LogP contribution in [0.4, 0.5) is 4.39 Å². The van der Waals surface area contributed by atoms with Crippen molar-refractivity contribution < 1.29 is 14.2 Å². The van der Waals surface area contributed by atoms with E-state index in [1.165, 1.54) is 7.11 Å². The van der Waals surface area contributed by atoms with Crippen LogP contribution in [0.2, 0.25) is 5.02 Å². The van der Waals surface area contributed by atoms with E-state index >= 15 is 0 Å². The van der Waals surface area contributed by atoms with Gasteiger partial charge in [-0.25, -0.2) is 0 Å². The Balaban J connectivity index is 2.57. The Labute approximate surface area is 98.0 Å². The van der Waals surface area contributed by atoms with Crippen molar-refractivity contribution in [3.8, 4) is 11.5 Å². The van der Waals surface area contributed by atoms with Crippen molar-refractivity contribution in [3.05, 3.63) is 22.5 Å². The zero-order valence-electron chi connectivity index (χ0n) is 8.89. The summed E-state index contributed by atoms with van der Waals surface area (Å²) in [6.45, 7) is 0.378. The number of hydrogen-bond donors (Lipinski definition) is 2. The van der Waals surface area contributed by atoms with E-state index in [1.54, 1.807) is 6.07 Å². The molecule has 5 heteroatoms. The summed E-state index contributed by atoms with van der Waals surface area (Å²) in [5.41, 5.74) is 5.81. The quantitative estimate of drug-likeness (QED) is 0.858. The van der Waals surface area contributed by atoms with Gasteiger partial charge in [-0.2, -0.15) is 4.39 Å². The first-order valence-electron chi connectivity index (χ1n) is 5.01. The lowest BCUT2D eigenvalue weighted by Crippen LogP contribution is -2.20. The molecule has 1 aromatic carbocycles. The number of benzene rings is 1. The molecule has 2 rings (SSSR count). The van der Waals surface area contributed by atoms with Gasteiger partial charge in [0.05, 0.1) is 12.1 Å². The fourth-order valence-corrected chi connectivity index (χ4v) is 2.19. The van der Waals surface area contributed by atoms with Crippen LogP contribution in [0.15, 0.2) is 6.07 Å². The first-order valence-corrected chi connectivity index (χ1v) is 5.39. The first-order chi connectivity index (χ1) is 7.55. The minimum Gasteiger partial charge on any atom is -0.505 e. The van der Waals surface area contributed by atoms with Gasteiger partial charge in [-0.3, -0.25) is 0 Å². The lowest BCUT2D eigenvalue weighted by atomic mass is 9.95. The summed E-state index contributed by atoms with van der Waals surface area (Å²) >= 11 is 5.88. The van der Waals surface area contributed by atoms with Gasteiger partial charge < -0.3 is 15.6 Å². The SMILES string of the molecule is COc1c(Cl)cc(C2(CN)CC2)c(O)c1F. The normalized spacial score (nSPS) is 17.2. The molecule has 1 fully saturated rings. The number of rotatable bonds is 3. The van der Waals surface area contributed by atoms with Gasteiger partial charge >= 0.3 is 0 Å². The van der Waals surface area contributed by atoms with Gasteiger partial charge in [0.2, 0.25) is 5.82 Å². The lowest BCUT2D eigenvalue weighted by Gasteiger charge is -2.17. The minimum absolute atomic E-state index is 0.129. The highest BCUT2D eigenvalue weighted by Gasteiger charge is 2.46. The Morgan fingerprint density at radius 2 is 2.25 bits per heavy atom. The van der Waals surface area contributed by atoms with Crippen LogP contribution in [0.5, 0.6) is 11.5 Å². The molecular weight excluding hydrogens is 233 g/mol. The Morgan fingerprint density at radius 1 is 1.62 bits per heavy atom. The van der Waals surface area contributed by atoms with E-state index in [9.17, 15) is 9.50 Å². The molecule has 0 heterocycles. The van der Waals surface area contributed by atoms with Crippen molar-refractivity contribution in [2.45, 2.75) is 18.3 Å². The van der Waals surface area contributed by atoms with E-state index in [-0.39, 0.29) is 16.2 Å². The van der Waals surface area contributed by atoms with Crippen molar-refractivity contribution in [1.29, 1.82) is 0 Å². The molecule has 88 valence electrons. The van der Waals surface area contributed by atoms with Gasteiger partial charge in [0.25, 0.3) is 0 Å². The van der Waals surface area contributed by atoms with Crippen LogP contribution in [-0.4, -0.2) is 18.8 Å². The second-order valence-electron chi connectivity index (χ2n) is 4.09. The summed E-state index contributed by atoms with van der Waals surface area (Å²) < 4.78 is 18.5. The molecule has 1 aliphatic carbocycles. The molecule has 16 heavy (non-hydrogen) atoms. The van der Waals surface area contributed by atoms with Crippen LogP contribution in [0.1, 0.15) is 18.4 Å². The zero-order chi connectivity index (χ0) is 11.9. The van der Waals surface area contributed by atoms with Crippen molar-refractivity contribution in [1.82, 2.24) is 0 Å². The number of phenols is 1. The summed E-state index contributed by atoms with van der Waals surface area (Å²) in [6.07, 6.45) is 1.69. The molecule has 0 aromatic heterocycles. The predicted molar refractivity (Wildman–Crippen MR) is 59.6 cm³/mol.